The van der Waals surface area contributed by atoms with E-state index in [1.54, 1.807) is 0 Å². The Morgan fingerprint density at radius 2 is 1.85 bits per heavy atom. The second-order valence-corrected chi connectivity index (χ2v) is 8.17. The van der Waals surface area contributed by atoms with Crippen LogP contribution in [0.1, 0.15) is 69.2 Å². The molecule has 0 saturated heterocycles. The maximum Gasteiger partial charge on any atom is 0.252 e. The number of hydrogen-bond acceptors (Lipinski definition) is 4. The van der Waals surface area contributed by atoms with Crippen LogP contribution in [0.4, 0.5) is 0 Å². The van der Waals surface area contributed by atoms with Crippen molar-refractivity contribution in [2.24, 2.45) is 11.7 Å². The molecule has 1 atom stereocenters. The highest BCUT2D eigenvalue weighted by Crippen LogP contribution is 2.28. The van der Waals surface area contributed by atoms with E-state index >= 15 is 0 Å². The summed E-state index contributed by atoms with van der Waals surface area (Å²) in [6, 6.07) is 1.90. The van der Waals surface area contributed by atoms with Crippen molar-refractivity contribution in [1.82, 2.24) is 20.1 Å². The summed E-state index contributed by atoms with van der Waals surface area (Å²) in [6.45, 7) is 15.5. The number of amides is 1. The zero-order valence-corrected chi connectivity index (χ0v) is 18.9. The molecule has 0 aliphatic carbocycles. The van der Waals surface area contributed by atoms with E-state index in [2.05, 4.69) is 45.0 Å². The van der Waals surface area contributed by atoms with Gasteiger partial charge in [-0.15, -0.1) is 24.8 Å². The van der Waals surface area contributed by atoms with E-state index in [0.29, 0.717) is 18.7 Å². The van der Waals surface area contributed by atoms with Crippen molar-refractivity contribution in [3.63, 3.8) is 0 Å². The Hall–Kier alpha value is -1.37. The van der Waals surface area contributed by atoms with Crippen LogP contribution in [0.5, 0.6) is 0 Å². The topological polar surface area (TPSA) is 85.8 Å². The fourth-order valence-electron chi connectivity index (χ4n) is 2.70. The molecule has 0 aromatic carbocycles. The van der Waals surface area contributed by atoms with Gasteiger partial charge in [-0.1, -0.05) is 20.8 Å². The zero-order valence-electron chi connectivity index (χ0n) is 17.3. The van der Waals surface area contributed by atoms with Crippen LogP contribution in [0.3, 0.4) is 0 Å². The van der Waals surface area contributed by atoms with Gasteiger partial charge in [-0.05, 0) is 52.1 Å². The predicted molar refractivity (Wildman–Crippen MR) is 116 cm³/mol. The summed E-state index contributed by atoms with van der Waals surface area (Å²) in [6.07, 6.45) is 0. The fraction of sp³-hybridized carbons (Fsp3) is 0.632. The number of rotatable bonds is 5. The third kappa shape index (κ3) is 5.56. The normalized spacial score (nSPS) is 12.5. The highest BCUT2D eigenvalue weighted by Gasteiger charge is 2.25. The van der Waals surface area contributed by atoms with Crippen LogP contribution in [0.15, 0.2) is 6.07 Å². The van der Waals surface area contributed by atoms with Crippen molar-refractivity contribution in [3.05, 3.63) is 23.0 Å². The first-order valence-corrected chi connectivity index (χ1v) is 8.95. The number of carbonyl (C=O) groups excluding carboxylic acids is 1. The monoisotopic (exact) mass is 417 g/mol. The summed E-state index contributed by atoms with van der Waals surface area (Å²) in [7, 11) is 0. The molecule has 3 N–H and O–H groups in total. The third-order valence-corrected chi connectivity index (χ3v) is 4.32. The van der Waals surface area contributed by atoms with Gasteiger partial charge in [0.15, 0.2) is 5.65 Å². The molecule has 0 fully saturated rings. The highest BCUT2D eigenvalue weighted by molar-refractivity contribution is 6.06. The summed E-state index contributed by atoms with van der Waals surface area (Å²) in [5.74, 6) is 0.373. The molecule has 154 valence electrons. The first-order chi connectivity index (χ1) is 11.6. The fourth-order valence-corrected chi connectivity index (χ4v) is 2.70. The molecule has 2 aromatic rings. The second-order valence-electron chi connectivity index (χ2n) is 8.17. The third-order valence-electron chi connectivity index (χ3n) is 4.32. The molecule has 8 heteroatoms. The van der Waals surface area contributed by atoms with E-state index in [0.717, 1.165) is 22.4 Å². The van der Waals surface area contributed by atoms with Gasteiger partial charge in [0.2, 0.25) is 0 Å². The number of fused-ring (bicyclic) bond motifs is 1. The Labute approximate surface area is 174 Å². The minimum absolute atomic E-state index is 0. The molecular formula is C19H33Cl2N5O. The zero-order chi connectivity index (χ0) is 18.9. The van der Waals surface area contributed by atoms with Crippen molar-refractivity contribution in [2.45, 2.75) is 59.9 Å². The van der Waals surface area contributed by atoms with Crippen LogP contribution >= 0.6 is 24.8 Å². The molecule has 27 heavy (non-hydrogen) atoms. The molecule has 0 aliphatic rings. The minimum atomic E-state index is -0.211. The molecule has 0 spiro atoms. The van der Waals surface area contributed by atoms with Crippen LogP contribution in [0.2, 0.25) is 0 Å². The van der Waals surface area contributed by atoms with Gasteiger partial charge in [-0.25, -0.2) is 9.67 Å². The summed E-state index contributed by atoms with van der Waals surface area (Å²) >= 11 is 0. The smallest absolute Gasteiger partial charge is 0.252 e. The van der Waals surface area contributed by atoms with E-state index in [9.17, 15) is 4.79 Å². The van der Waals surface area contributed by atoms with Crippen molar-refractivity contribution >= 4 is 41.8 Å². The Morgan fingerprint density at radius 3 is 2.33 bits per heavy atom. The molecule has 0 bridgehead atoms. The minimum Gasteiger partial charge on any atom is -0.352 e. The van der Waals surface area contributed by atoms with Gasteiger partial charge in [-0.3, -0.25) is 4.79 Å². The van der Waals surface area contributed by atoms with Gasteiger partial charge in [0.25, 0.3) is 5.91 Å². The van der Waals surface area contributed by atoms with Crippen LogP contribution in [-0.4, -0.2) is 33.8 Å². The molecular weight excluding hydrogens is 385 g/mol. The van der Waals surface area contributed by atoms with Crippen LogP contribution in [0.25, 0.3) is 11.0 Å². The molecule has 6 nitrogen and oxygen atoms in total. The lowest BCUT2D eigenvalue weighted by molar-refractivity contribution is 0.0950. The number of nitrogens with zero attached hydrogens (tertiary/aromatic N) is 3. The number of aryl methyl sites for hydroxylation is 1. The van der Waals surface area contributed by atoms with E-state index in [1.165, 1.54) is 0 Å². The van der Waals surface area contributed by atoms with Crippen molar-refractivity contribution in [1.29, 1.82) is 0 Å². The number of nitrogens with two attached hydrogens (primary N) is 1. The van der Waals surface area contributed by atoms with Crippen molar-refractivity contribution in [2.75, 3.05) is 13.1 Å². The van der Waals surface area contributed by atoms with Crippen LogP contribution < -0.4 is 11.1 Å². The van der Waals surface area contributed by atoms with Gasteiger partial charge >= 0.3 is 0 Å². The van der Waals surface area contributed by atoms with Crippen LogP contribution in [0, 0.1) is 12.8 Å². The van der Waals surface area contributed by atoms with Crippen molar-refractivity contribution in [3.8, 4) is 0 Å². The summed E-state index contributed by atoms with van der Waals surface area (Å²) in [5.41, 5.74) is 8.58. The van der Waals surface area contributed by atoms with E-state index in [4.69, 9.17) is 10.7 Å². The molecule has 2 aromatic heterocycles. The van der Waals surface area contributed by atoms with Gasteiger partial charge in [0.05, 0.1) is 22.2 Å². The van der Waals surface area contributed by atoms with Gasteiger partial charge in [0.1, 0.15) is 0 Å². The lowest BCUT2D eigenvalue weighted by Gasteiger charge is -2.20. The average molecular weight is 418 g/mol. The highest BCUT2D eigenvalue weighted by atomic mass is 35.5. The molecule has 0 aliphatic heterocycles. The quantitative estimate of drug-likeness (QED) is 0.774. The van der Waals surface area contributed by atoms with Gasteiger partial charge < -0.3 is 11.1 Å². The Kier molecular flexibility index (Phi) is 9.22. The Bertz CT molecular complexity index is 780. The molecule has 2 rings (SSSR count). The lowest BCUT2D eigenvalue weighted by Crippen LogP contribution is -2.31. The number of carbonyl (C=O) groups is 1. The van der Waals surface area contributed by atoms with E-state index in [1.807, 2.05) is 24.6 Å². The average Bonchev–Trinajstić information content (AvgIpc) is 2.88. The maximum atomic E-state index is 12.8. The van der Waals surface area contributed by atoms with E-state index in [-0.39, 0.29) is 48.1 Å². The maximum absolute atomic E-state index is 12.8. The first kappa shape index (κ1) is 25.6. The Morgan fingerprint density at radius 1 is 1.26 bits per heavy atom. The van der Waals surface area contributed by atoms with Crippen molar-refractivity contribution < 1.29 is 4.79 Å². The largest absolute Gasteiger partial charge is 0.352 e. The van der Waals surface area contributed by atoms with E-state index < -0.39 is 0 Å². The van der Waals surface area contributed by atoms with Crippen LogP contribution in [-0.2, 0) is 5.54 Å². The standard InChI is InChI=1S/C19H31N5O.2ClH/c1-11(2)15-8-14(18(25)21-10-12(3)9-20)16-13(4)23-24(17(16)22-15)19(5,6)7;;/h8,11-12H,9-10,20H2,1-7H3,(H,21,25);2*1H. The number of halogens is 2. The number of aromatic nitrogens is 3. The summed E-state index contributed by atoms with van der Waals surface area (Å²) in [5, 5.41) is 8.50. The predicted octanol–water partition coefficient (Wildman–Crippen LogP) is 3.79. The molecule has 0 radical (unpaired) electrons. The van der Waals surface area contributed by atoms with Gasteiger partial charge in [0, 0.05) is 12.2 Å². The second kappa shape index (κ2) is 9.71. The Balaban J connectivity index is 0.00000338. The van der Waals surface area contributed by atoms with Gasteiger partial charge in [-0.2, -0.15) is 5.10 Å². The molecule has 0 saturated carbocycles. The lowest BCUT2D eigenvalue weighted by atomic mass is 10.0. The number of nitrogens with one attached hydrogen (secondary N) is 1. The number of pyridine rings is 1. The molecule has 2 heterocycles. The molecule has 1 amide bonds. The first-order valence-electron chi connectivity index (χ1n) is 8.95. The SMILES string of the molecule is Cc1nn(C(C)(C)C)c2nc(C(C)C)cc(C(=O)NCC(C)CN)c12.Cl.Cl. The summed E-state index contributed by atoms with van der Waals surface area (Å²) < 4.78 is 1.92. The summed E-state index contributed by atoms with van der Waals surface area (Å²) in [4.78, 5) is 17.7. The number of hydrogen-bond donors (Lipinski definition) is 2. The molecule has 1 unspecified atom stereocenters.